The number of sulfonamides is 1. The standard InChI is InChI=1S/C28H32N6O6S2/c1-18(35)34(25-22(29-4)8-6-14-31-25)20-11-9-19(10-12-20)15-23(27(37)38)32-26(36)24-28(2,3)41-17-33(24)42(39,40)21-7-5-13-30-16-21/h5-14,16,23-24,29H,15,17H2,1-4H3,(H,32,36)(H,37,38)/t23-,24?/m0/s1. The van der Waals surface area contributed by atoms with Gasteiger partial charge in [-0.05, 0) is 55.8 Å². The van der Waals surface area contributed by atoms with Crippen LogP contribution in [0.15, 0.2) is 72.0 Å². The van der Waals surface area contributed by atoms with Crippen molar-refractivity contribution in [2.75, 3.05) is 23.1 Å². The summed E-state index contributed by atoms with van der Waals surface area (Å²) in [5, 5.41) is 15.5. The molecule has 0 spiro atoms. The van der Waals surface area contributed by atoms with Crippen molar-refractivity contribution in [1.82, 2.24) is 19.6 Å². The summed E-state index contributed by atoms with van der Waals surface area (Å²) in [6, 6.07) is 10.6. The van der Waals surface area contributed by atoms with Crippen molar-refractivity contribution in [3.05, 3.63) is 72.7 Å². The second-order valence-corrected chi connectivity index (χ2v) is 13.6. The highest BCUT2D eigenvalue weighted by Gasteiger charge is 2.51. The maximum absolute atomic E-state index is 13.5. The van der Waals surface area contributed by atoms with Gasteiger partial charge >= 0.3 is 5.97 Å². The van der Waals surface area contributed by atoms with Crippen molar-refractivity contribution in [2.45, 2.75) is 48.9 Å². The lowest BCUT2D eigenvalue weighted by Gasteiger charge is -2.30. The number of hydrogen-bond donors (Lipinski definition) is 3. The van der Waals surface area contributed by atoms with Crippen molar-refractivity contribution in [1.29, 1.82) is 0 Å². The van der Waals surface area contributed by atoms with E-state index in [0.29, 0.717) is 22.8 Å². The lowest BCUT2D eigenvalue weighted by Crippen LogP contribution is -2.56. The van der Waals surface area contributed by atoms with E-state index >= 15 is 0 Å². The fourth-order valence-electron chi connectivity index (χ4n) is 4.71. The fraction of sp³-hybridized carbons (Fsp3) is 0.321. The summed E-state index contributed by atoms with van der Waals surface area (Å²) in [6.45, 7) is 4.91. The second-order valence-electron chi connectivity index (χ2n) is 10.1. The number of aromatic nitrogens is 2. The van der Waals surface area contributed by atoms with Crippen LogP contribution in [0.25, 0.3) is 0 Å². The topological polar surface area (TPSA) is 162 Å². The number of carboxylic acid groups (broad SMARTS) is 1. The second kappa shape index (κ2) is 12.5. The zero-order valence-electron chi connectivity index (χ0n) is 23.5. The molecule has 3 aromatic rings. The van der Waals surface area contributed by atoms with Gasteiger partial charge in [0.25, 0.3) is 0 Å². The molecule has 222 valence electrons. The molecule has 3 heterocycles. The van der Waals surface area contributed by atoms with Gasteiger partial charge in [-0.25, -0.2) is 18.2 Å². The number of hydrogen-bond acceptors (Lipinski definition) is 9. The number of carbonyl (C=O) groups is 3. The zero-order valence-corrected chi connectivity index (χ0v) is 25.1. The van der Waals surface area contributed by atoms with E-state index in [2.05, 4.69) is 20.6 Å². The van der Waals surface area contributed by atoms with Crippen LogP contribution < -0.4 is 15.5 Å². The van der Waals surface area contributed by atoms with Crippen LogP contribution in [-0.2, 0) is 30.8 Å². The van der Waals surface area contributed by atoms with E-state index in [1.165, 1.54) is 48.1 Å². The molecule has 14 heteroatoms. The summed E-state index contributed by atoms with van der Waals surface area (Å²) in [5.74, 6) is -1.80. The predicted molar refractivity (Wildman–Crippen MR) is 160 cm³/mol. The number of amides is 2. The van der Waals surface area contributed by atoms with Crippen LogP contribution in [0, 0.1) is 0 Å². The number of rotatable bonds is 10. The van der Waals surface area contributed by atoms with Crippen LogP contribution >= 0.6 is 11.8 Å². The Labute approximate surface area is 248 Å². The minimum Gasteiger partial charge on any atom is -0.480 e. The van der Waals surface area contributed by atoms with Crippen LogP contribution in [-0.4, -0.2) is 75.3 Å². The molecular formula is C28H32N6O6S2. The van der Waals surface area contributed by atoms with Gasteiger partial charge in [0.1, 0.15) is 17.0 Å². The average Bonchev–Trinajstić information content (AvgIpc) is 3.29. The molecule has 0 bridgehead atoms. The highest BCUT2D eigenvalue weighted by Crippen LogP contribution is 2.42. The summed E-state index contributed by atoms with van der Waals surface area (Å²) in [5.41, 5.74) is 1.76. The molecule has 1 aliphatic rings. The van der Waals surface area contributed by atoms with Gasteiger partial charge in [-0.15, -0.1) is 11.8 Å². The van der Waals surface area contributed by atoms with Crippen molar-refractivity contribution in [2.24, 2.45) is 0 Å². The molecule has 1 aliphatic heterocycles. The van der Waals surface area contributed by atoms with Gasteiger partial charge in [0, 0.05) is 43.7 Å². The molecule has 1 aromatic carbocycles. The molecule has 1 unspecified atom stereocenters. The van der Waals surface area contributed by atoms with Crippen molar-refractivity contribution in [3.63, 3.8) is 0 Å². The maximum Gasteiger partial charge on any atom is 0.326 e. The molecule has 12 nitrogen and oxygen atoms in total. The number of anilines is 3. The molecular weight excluding hydrogens is 580 g/mol. The largest absolute Gasteiger partial charge is 0.480 e. The Kier molecular flexibility index (Phi) is 9.18. The quantitative estimate of drug-likeness (QED) is 0.310. The number of benzene rings is 1. The maximum atomic E-state index is 13.5. The molecule has 0 saturated carbocycles. The molecule has 2 atom stereocenters. The molecule has 2 aromatic heterocycles. The summed E-state index contributed by atoms with van der Waals surface area (Å²) in [6.07, 6.45) is 4.17. The molecule has 0 aliphatic carbocycles. The van der Waals surface area contributed by atoms with E-state index in [4.69, 9.17) is 0 Å². The van der Waals surface area contributed by atoms with Gasteiger partial charge < -0.3 is 15.7 Å². The Morgan fingerprint density at radius 3 is 2.43 bits per heavy atom. The Morgan fingerprint density at radius 1 is 1.14 bits per heavy atom. The fourth-order valence-corrected chi connectivity index (χ4v) is 7.84. The van der Waals surface area contributed by atoms with Crippen LogP contribution in [0.5, 0.6) is 0 Å². The van der Waals surface area contributed by atoms with Gasteiger partial charge in [-0.1, -0.05) is 12.1 Å². The summed E-state index contributed by atoms with van der Waals surface area (Å²) in [4.78, 5) is 47.9. The summed E-state index contributed by atoms with van der Waals surface area (Å²) in [7, 11) is -2.34. The Balaban J connectivity index is 1.55. The van der Waals surface area contributed by atoms with E-state index < -0.39 is 38.7 Å². The zero-order chi connectivity index (χ0) is 30.7. The van der Waals surface area contributed by atoms with Gasteiger partial charge in [-0.2, -0.15) is 4.31 Å². The molecule has 1 saturated heterocycles. The van der Waals surface area contributed by atoms with Gasteiger partial charge in [0.15, 0.2) is 5.82 Å². The SMILES string of the molecule is CNc1cccnc1N(C(C)=O)c1ccc(C[C@H](NC(=O)C2N(S(=O)(=O)c3cccnc3)CSC2(C)C)C(=O)O)cc1. The predicted octanol–water partition coefficient (Wildman–Crippen LogP) is 2.86. The minimum absolute atomic E-state index is 0.0275. The molecule has 1 fully saturated rings. The van der Waals surface area contributed by atoms with Crippen LogP contribution in [0.1, 0.15) is 26.3 Å². The molecule has 0 radical (unpaired) electrons. The van der Waals surface area contributed by atoms with Crippen molar-refractivity contribution in [3.8, 4) is 0 Å². The Hall–Kier alpha value is -4.01. The molecule has 4 rings (SSSR count). The first kappa shape index (κ1) is 30.9. The first-order chi connectivity index (χ1) is 19.9. The number of nitrogens with zero attached hydrogens (tertiary/aromatic N) is 4. The third-order valence-electron chi connectivity index (χ3n) is 6.83. The Bertz CT molecular complexity index is 1570. The van der Waals surface area contributed by atoms with Crippen LogP contribution in [0.3, 0.4) is 0 Å². The lowest BCUT2D eigenvalue weighted by atomic mass is 10.0. The average molecular weight is 613 g/mol. The monoisotopic (exact) mass is 612 g/mol. The van der Waals surface area contributed by atoms with Gasteiger partial charge in [0.2, 0.25) is 21.8 Å². The van der Waals surface area contributed by atoms with Gasteiger partial charge in [-0.3, -0.25) is 19.5 Å². The molecule has 3 N–H and O–H groups in total. The first-order valence-electron chi connectivity index (χ1n) is 13.0. The number of aliphatic carboxylic acids is 1. The third kappa shape index (κ3) is 6.40. The lowest BCUT2D eigenvalue weighted by molar-refractivity contribution is -0.142. The third-order valence-corrected chi connectivity index (χ3v) is 10.2. The number of thioether (sulfide) groups is 1. The number of carboxylic acids is 1. The molecule has 42 heavy (non-hydrogen) atoms. The van der Waals surface area contributed by atoms with E-state index in [1.807, 2.05) is 0 Å². The normalized spacial score (nSPS) is 17.3. The minimum atomic E-state index is -4.07. The summed E-state index contributed by atoms with van der Waals surface area (Å²) < 4.78 is 27.0. The highest BCUT2D eigenvalue weighted by atomic mass is 32.2. The van der Waals surface area contributed by atoms with E-state index in [1.54, 1.807) is 63.5 Å². The number of carbonyl (C=O) groups excluding carboxylic acids is 2. The summed E-state index contributed by atoms with van der Waals surface area (Å²) >= 11 is 1.29. The van der Waals surface area contributed by atoms with Gasteiger partial charge in [0.05, 0.1) is 17.3 Å². The van der Waals surface area contributed by atoms with Crippen LogP contribution in [0.2, 0.25) is 0 Å². The smallest absolute Gasteiger partial charge is 0.326 e. The van der Waals surface area contributed by atoms with E-state index in [-0.39, 0.29) is 23.1 Å². The number of pyridine rings is 2. The van der Waals surface area contributed by atoms with E-state index in [0.717, 1.165) is 4.31 Å². The first-order valence-corrected chi connectivity index (χ1v) is 15.4. The highest BCUT2D eigenvalue weighted by molar-refractivity contribution is 8.02. The van der Waals surface area contributed by atoms with Crippen LogP contribution in [0.4, 0.5) is 17.2 Å². The molecule has 2 amide bonds. The number of nitrogens with one attached hydrogen (secondary N) is 2. The Morgan fingerprint density at radius 2 is 1.83 bits per heavy atom. The van der Waals surface area contributed by atoms with E-state index in [9.17, 15) is 27.9 Å². The van der Waals surface area contributed by atoms with Crippen molar-refractivity contribution >= 4 is 56.8 Å². The van der Waals surface area contributed by atoms with Crippen molar-refractivity contribution < 1.29 is 27.9 Å².